The normalized spacial score (nSPS) is 18.4. The molecule has 0 aromatic heterocycles. The molecule has 0 heterocycles. The van der Waals surface area contributed by atoms with E-state index in [1.165, 1.54) is 18.9 Å². The molecule has 1 atom stereocenters. The van der Waals surface area contributed by atoms with Crippen LogP contribution in [0.4, 0.5) is 4.39 Å². The van der Waals surface area contributed by atoms with Gasteiger partial charge in [-0.1, -0.05) is 31.0 Å². The van der Waals surface area contributed by atoms with Crippen LogP contribution in [0.15, 0.2) is 24.3 Å². The Balaban J connectivity index is 2.10. The maximum Gasteiger partial charge on any atom is 0.132 e. The second-order valence-electron chi connectivity index (χ2n) is 5.66. The summed E-state index contributed by atoms with van der Waals surface area (Å²) in [4.78, 5) is 11.9. The monoisotopic (exact) mass is 279 g/mol. The Bertz CT molecular complexity index is 442. The van der Waals surface area contributed by atoms with Gasteiger partial charge in [-0.3, -0.25) is 0 Å². The largest absolute Gasteiger partial charge is 0.544 e. The fourth-order valence-electron chi connectivity index (χ4n) is 3.11. The van der Waals surface area contributed by atoms with Crippen molar-refractivity contribution in [3.05, 3.63) is 35.6 Å². The molecule has 4 heteroatoms. The lowest BCUT2D eigenvalue weighted by Gasteiger charge is -2.28. The van der Waals surface area contributed by atoms with Crippen LogP contribution in [0.25, 0.3) is 0 Å². The molecule has 0 aliphatic heterocycles. The number of carbonyl (C=O) groups excluding carboxylic acids is 1. The molecule has 1 N–H and O–H groups in total. The van der Waals surface area contributed by atoms with Gasteiger partial charge in [-0.15, -0.1) is 0 Å². The Kier molecular flexibility index (Phi) is 5.53. The van der Waals surface area contributed by atoms with Gasteiger partial charge in [0.15, 0.2) is 0 Å². The van der Waals surface area contributed by atoms with Crippen LogP contribution < -0.4 is 10.0 Å². The lowest BCUT2D eigenvalue weighted by molar-refractivity contribution is -0.934. The second kappa shape index (κ2) is 7.39. The molecule has 1 aromatic carbocycles. The summed E-state index contributed by atoms with van der Waals surface area (Å²) in [7, 11) is 0. The van der Waals surface area contributed by atoms with Gasteiger partial charge in [0.2, 0.25) is 0 Å². The first kappa shape index (κ1) is 15.0. The molecule has 0 amide bonds. The van der Waals surface area contributed by atoms with Gasteiger partial charge in [0.25, 0.3) is 0 Å². The van der Waals surface area contributed by atoms with Gasteiger partial charge in [0.05, 0.1) is 12.0 Å². The number of halogens is 1. The number of carboxylic acid groups (broad SMARTS) is 1. The maximum atomic E-state index is 13.8. The summed E-state index contributed by atoms with van der Waals surface area (Å²) in [6.45, 7) is 0.379. The Morgan fingerprint density at radius 3 is 2.45 bits per heavy atom. The van der Waals surface area contributed by atoms with Gasteiger partial charge in [0, 0.05) is 5.56 Å². The summed E-state index contributed by atoms with van der Waals surface area (Å²) in [5.74, 6) is -1.31. The van der Waals surface area contributed by atoms with Crippen molar-refractivity contribution in [2.24, 2.45) is 0 Å². The van der Waals surface area contributed by atoms with Gasteiger partial charge >= 0.3 is 0 Å². The Morgan fingerprint density at radius 2 is 1.85 bits per heavy atom. The zero-order chi connectivity index (χ0) is 14.4. The molecular formula is C16H22FNO2. The number of aliphatic carboxylic acids is 1. The van der Waals surface area contributed by atoms with Crippen LogP contribution >= 0.6 is 0 Å². The van der Waals surface area contributed by atoms with Crippen molar-refractivity contribution in [3.63, 3.8) is 0 Å². The van der Waals surface area contributed by atoms with E-state index in [-0.39, 0.29) is 12.4 Å². The fraction of sp³-hybridized carbons (Fsp3) is 0.562. The molecule has 0 spiro atoms. The number of carboxylic acids is 1. The third-order valence-electron chi connectivity index (χ3n) is 4.18. The molecule has 1 unspecified atom stereocenters. The highest BCUT2D eigenvalue weighted by molar-refractivity contribution is 5.65. The smallest absolute Gasteiger partial charge is 0.132 e. The second-order valence-corrected chi connectivity index (χ2v) is 5.66. The summed E-state index contributed by atoms with van der Waals surface area (Å²) < 4.78 is 13.8. The van der Waals surface area contributed by atoms with Crippen molar-refractivity contribution in [2.45, 2.75) is 51.1 Å². The molecule has 1 fully saturated rings. The summed E-state index contributed by atoms with van der Waals surface area (Å²) in [6.07, 6.45) is 6.76. The molecule has 3 nitrogen and oxygen atoms in total. The molecule has 0 radical (unpaired) electrons. The van der Waals surface area contributed by atoms with Crippen molar-refractivity contribution < 1.29 is 19.2 Å². The number of quaternary nitrogens is 1. The lowest BCUT2D eigenvalue weighted by Crippen LogP contribution is -3.15. The lowest BCUT2D eigenvalue weighted by atomic mass is 10.1. The van der Waals surface area contributed by atoms with E-state index in [4.69, 9.17) is 0 Å². The summed E-state index contributed by atoms with van der Waals surface area (Å²) in [6, 6.07) is 6.92. The van der Waals surface area contributed by atoms with Crippen LogP contribution in [0.3, 0.4) is 0 Å². The first-order valence-electron chi connectivity index (χ1n) is 7.44. The average Bonchev–Trinajstić information content (AvgIpc) is 2.69. The van der Waals surface area contributed by atoms with Gasteiger partial charge in [-0.25, -0.2) is 4.39 Å². The molecule has 20 heavy (non-hydrogen) atoms. The van der Waals surface area contributed by atoms with E-state index in [0.717, 1.165) is 30.6 Å². The van der Waals surface area contributed by atoms with Gasteiger partial charge < -0.3 is 14.8 Å². The van der Waals surface area contributed by atoms with Gasteiger partial charge in [-0.2, -0.15) is 0 Å². The minimum atomic E-state index is -1.06. The Hall–Kier alpha value is -1.42. The average molecular weight is 279 g/mol. The van der Waals surface area contributed by atoms with Crippen LogP contribution in [0.2, 0.25) is 0 Å². The minimum absolute atomic E-state index is 0.0427. The fourth-order valence-corrected chi connectivity index (χ4v) is 3.11. The van der Waals surface area contributed by atoms with Crippen molar-refractivity contribution in [3.8, 4) is 0 Å². The molecule has 1 aliphatic rings. The highest BCUT2D eigenvalue weighted by atomic mass is 19.1. The van der Waals surface area contributed by atoms with Crippen LogP contribution in [0.1, 0.15) is 44.1 Å². The highest BCUT2D eigenvalue weighted by Crippen LogP contribution is 2.16. The molecule has 2 rings (SSSR count). The molecule has 110 valence electrons. The van der Waals surface area contributed by atoms with E-state index in [1.807, 2.05) is 0 Å². The maximum absolute atomic E-state index is 13.8. The predicted molar refractivity (Wildman–Crippen MR) is 72.4 cm³/mol. The number of nitrogens with one attached hydrogen (secondary N) is 1. The Morgan fingerprint density at radius 1 is 1.20 bits per heavy atom. The van der Waals surface area contributed by atoms with E-state index < -0.39 is 5.97 Å². The molecule has 1 aromatic rings. The van der Waals surface area contributed by atoms with E-state index in [9.17, 15) is 14.3 Å². The molecule has 1 aliphatic carbocycles. The third-order valence-corrected chi connectivity index (χ3v) is 4.18. The molecular weight excluding hydrogens is 257 g/mol. The topological polar surface area (TPSA) is 44.6 Å². The first-order chi connectivity index (χ1) is 9.66. The Labute approximate surface area is 119 Å². The number of hydrogen-bond acceptors (Lipinski definition) is 2. The predicted octanol–water partition coefficient (Wildman–Crippen LogP) is 0.683. The standard InChI is InChI=1S/C16H22FNO2/c17-15-10-6-5-7-13(15)11-18(12-16(19)20)14-8-3-1-2-4-9-14/h5-7,10,14H,1-4,8-9,11-12H2,(H,19,20). The van der Waals surface area contributed by atoms with Crippen molar-refractivity contribution >= 4 is 5.97 Å². The number of carbonyl (C=O) groups is 1. The quantitative estimate of drug-likeness (QED) is 0.806. The van der Waals surface area contributed by atoms with Crippen LogP contribution in [0.5, 0.6) is 0 Å². The zero-order valence-corrected chi connectivity index (χ0v) is 11.7. The van der Waals surface area contributed by atoms with Crippen LogP contribution in [0, 0.1) is 5.82 Å². The molecule has 1 saturated carbocycles. The van der Waals surface area contributed by atoms with Crippen LogP contribution in [-0.4, -0.2) is 18.6 Å². The van der Waals surface area contributed by atoms with Crippen molar-refractivity contribution in [2.75, 3.05) is 6.54 Å². The summed E-state index contributed by atoms with van der Waals surface area (Å²) in [5, 5.41) is 11.0. The summed E-state index contributed by atoms with van der Waals surface area (Å²) >= 11 is 0. The third kappa shape index (κ3) is 4.30. The number of rotatable bonds is 5. The van der Waals surface area contributed by atoms with Gasteiger partial charge in [-0.05, 0) is 31.7 Å². The highest BCUT2D eigenvalue weighted by Gasteiger charge is 2.24. The summed E-state index contributed by atoms with van der Waals surface area (Å²) in [5.41, 5.74) is 0.591. The van der Waals surface area contributed by atoms with Crippen molar-refractivity contribution in [1.29, 1.82) is 0 Å². The van der Waals surface area contributed by atoms with E-state index in [0.29, 0.717) is 18.2 Å². The van der Waals surface area contributed by atoms with E-state index in [2.05, 4.69) is 0 Å². The van der Waals surface area contributed by atoms with Crippen LogP contribution in [-0.2, 0) is 11.3 Å². The van der Waals surface area contributed by atoms with E-state index in [1.54, 1.807) is 18.2 Å². The van der Waals surface area contributed by atoms with E-state index >= 15 is 0 Å². The first-order valence-corrected chi connectivity index (χ1v) is 7.44. The number of benzene rings is 1. The SMILES string of the molecule is O=C([O-])C[NH+](Cc1ccccc1F)C1CCCCCC1. The molecule has 0 saturated heterocycles. The zero-order valence-electron chi connectivity index (χ0n) is 11.7. The molecule has 0 bridgehead atoms. The van der Waals surface area contributed by atoms with Crippen molar-refractivity contribution in [1.82, 2.24) is 0 Å². The minimum Gasteiger partial charge on any atom is -0.544 e. The number of hydrogen-bond donors (Lipinski definition) is 1. The van der Waals surface area contributed by atoms with Gasteiger partial charge in [0.1, 0.15) is 18.9 Å².